The van der Waals surface area contributed by atoms with Crippen molar-refractivity contribution in [3.63, 3.8) is 0 Å². The maximum atomic E-state index is 14.0. The Morgan fingerprint density at radius 3 is 2.79 bits per heavy atom. The summed E-state index contributed by atoms with van der Waals surface area (Å²) in [4.78, 5) is 19.0. The van der Waals surface area contributed by atoms with E-state index in [4.69, 9.17) is 4.74 Å². The van der Waals surface area contributed by atoms with Gasteiger partial charge in [-0.3, -0.25) is 4.79 Å². The summed E-state index contributed by atoms with van der Waals surface area (Å²) in [5.41, 5.74) is 0.209. The van der Waals surface area contributed by atoms with Crippen LogP contribution in [0, 0.1) is 0 Å². The molecule has 1 saturated heterocycles. The molecule has 6 heteroatoms. The number of pyridine rings is 1. The van der Waals surface area contributed by atoms with E-state index in [2.05, 4.69) is 15.2 Å². The van der Waals surface area contributed by atoms with E-state index in [1.165, 1.54) is 13.8 Å². The van der Waals surface area contributed by atoms with Crippen LogP contribution in [0.25, 0.3) is 0 Å². The molecule has 1 aliphatic heterocycles. The Morgan fingerprint density at radius 2 is 2.10 bits per heavy atom. The first-order valence-corrected chi connectivity index (χ1v) is 10.2. The molecule has 0 bridgehead atoms. The summed E-state index contributed by atoms with van der Waals surface area (Å²) in [7, 11) is 1.64. The van der Waals surface area contributed by atoms with Crippen LogP contribution in [0.1, 0.15) is 44.2 Å². The number of alkyl halides is 1. The molecule has 0 aliphatic carbocycles. The number of amides is 1. The van der Waals surface area contributed by atoms with E-state index in [0.29, 0.717) is 24.9 Å². The minimum atomic E-state index is -1.40. The van der Waals surface area contributed by atoms with Gasteiger partial charge in [-0.25, -0.2) is 9.37 Å². The number of anilines is 1. The van der Waals surface area contributed by atoms with Crippen molar-refractivity contribution in [3.05, 3.63) is 53.7 Å². The Bertz CT molecular complexity index is 818. The predicted molar refractivity (Wildman–Crippen MR) is 113 cm³/mol. The number of carbonyl (C=O) groups is 1. The zero-order valence-corrected chi connectivity index (χ0v) is 17.5. The van der Waals surface area contributed by atoms with Crippen LogP contribution in [0.4, 0.5) is 10.2 Å². The lowest BCUT2D eigenvalue weighted by atomic mass is 10.0. The van der Waals surface area contributed by atoms with E-state index >= 15 is 0 Å². The first kappa shape index (κ1) is 21.1. The SMILES string of the molecule is COc1ccccc1CCC(=O)NC1CCCN(c2ccc(C(C)(C)F)cn2)C1. The Balaban J connectivity index is 1.53. The first-order valence-electron chi connectivity index (χ1n) is 10.2. The largest absolute Gasteiger partial charge is 0.496 e. The van der Waals surface area contributed by atoms with E-state index in [0.717, 1.165) is 36.5 Å². The number of ether oxygens (including phenoxy) is 1. The van der Waals surface area contributed by atoms with Gasteiger partial charge in [-0.05, 0) is 50.8 Å². The van der Waals surface area contributed by atoms with E-state index in [1.807, 2.05) is 30.3 Å². The van der Waals surface area contributed by atoms with Crippen molar-refractivity contribution in [2.75, 3.05) is 25.1 Å². The molecule has 1 atom stereocenters. The molecule has 156 valence electrons. The van der Waals surface area contributed by atoms with Crippen LogP contribution in [0.2, 0.25) is 0 Å². The third-order valence-corrected chi connectivity index (χ3v) is 5.36. The monoisotopic (exact) mass is 399 g/mol. The van der Waals surface area contributed by atoms with Crippen LogP contribution in [-0.2, 0) is 16.9 Å². The third kappa shape index (κ3) is 5.68. The predicted octanol–water partition coefficient (Wildman–Crippen LogP) is 4.01. The number of benzene rings is 1. The van der Waals surface area contributed by atoms with Gasteiger partial charge in [0.15, 0.2) is 0 Å². The minimum Gasteiger partial charge on any atom is -0.496 e. The highest BCUT2D eigenvalue weighted by molar-refractivity contribution is 5.76. The van der Waals surface area contributed by atoms with Gasteiger partial charge in [0.05, 0.1) is 7.11 Å². The molecule has 0 saturated carbocycles. The molecule has 1 amide bonds. The summed E-state index contributed by atoms with van der Waals surface area (Å²) in [6.45, 7) is 4.66. The van der Waals surface area contributed by atoms with Crippen molar-refractivity contribution in [1.29, 1.82) is 0 Å². The zero-order valence-electron chi connectivity index (χ0n) is 17.5. The molecule has 0 spiro atoms. The van der Waals surface area contributed by atoms with Gasteiger partial charge in [-0.15, -0.1) is 0 Å². The van der Waals surface area contributed by atoms with Crippen molar-refractivity contribution >= 4 is 11.7 Å². The molecule has 29 heavy (non-hydrogen) atoms. The molecule has 2 aromatic rings. The van der Waals surface area contributed by atoms with Gasteiger partial charge in [-0.2, -0.15) is 0 Å². The number of halogens is 1. The highest BCUT2D eigenvalue weighted by Crippen LogP contribution is 2.26. The first-order chi connectivity index (χ1) is 13.9. The highest BCUT2D eigenvalue weighted by Gasteiger charge is 2.24. The summed E-state index contributed by atoms with van der Waals surface area (Å²) in [6.07, 6.45) is 4.61. The second-order valence-electron chi connectivity index (χ2n) is 8.04. The second-order valence-corrected chi connectivity index (χ2v) is 8.04. The molecular weight excluding hydrogens is 369 g/mol. The standard InChI is InChI=1S/C23H30FN3O2/c1-23(2,24)18-11-12-21(25-15-18)27-14-6-8-19(16-27)26-22(28)13-10-17-7-4-5-9-20(17)29-3/h4-5,7,9,11-12,15,19H,6,8,10,13-14,16H2,1-3H3,(H,26,28). The molecule has 1 aromatic heterocycles. The number of nitrogens with one attached hydrogen (secondary N) is 1. The molecule has 1 N–H and O–H groups in total. The minimum absolute atomic E-state index is 0.0465. The van der Waals surface area contributed by atoms with Gasteiger partial charge in [0, 0.05) is 37.3 Å². The van der Waals surface area contributed by atoms with Crippen molar-refractivity contribution in [1.82, 2.24) is 10.3 Å². The van der Waals surface area contributed by atoms with E-state index in [-0.39, 0.29) is 11.9 Å². The Labute approximate surface area is 172 Å². The van der Waals surface area contributed by atoms with Crippen molar-refractivity contribution in [3.8, 4) is 5.75 Å². The lowest BCUT2D eigenvalue weighted by Crippen LogP contribution is -2.48. The Hall–Kier alpha value is -2.63. The number of piperidine rings is 1. The van der Waals surface area contributed by atoms with Crippen LogP contribution in [0.3, 0.4) is 0 Å². The van der Waals surface area contributed by atoms with Gasteiger partial charge in [-0.1, -0.05) is 24.3 Å². The van der Waals surface area contributed by atoms with Gasteiger partial charge in [0.25, 0.3) is 0 Å². The van der Waals surface area contributed by atoms with Crippen LogP contribution in [-0.4, -0.2) is 37.1 Å². The van der Waals surface area contributed by atoms with Gasteiger partial charge in [0.2, 0.25) is 5.91 Å². The molecule has 1 aromatic carbocycles. The fourth-order valence-corrected chi connectivity index (χ4v) is 3.69. The lowest BCUT2D eigenvalue weighted by Gasteiger charge is -2.34. The number of rotatable bonds is 7. The van der Waals surface area contributed by atoms with E-state index in [1.54, 1.807) is 19.4 Å². The fraction of sp³-hybridized carbons (Fsp3) is 0.478. The topological polar surface area (TPSA) is 54.5 Å². The van der Waals surface area contributed by atoms with Crippen LogP contribution < -0.4 is 15.0 Å². The summed E-state index contributed by atoms with van der Waals surface area (Å²) in [6, 6.07) is 11.5. The lowest BCUT2D eigenvalue weighted by molar-refractivity contribution is -0.121. The van der Waals surface area contributed by atoms with Crippen LogP contribution >= 0.6 is 0 Å². The van der Waals surface area contributed by atoms with Crippen molar-refractivity contribution in [2.45, 2.75) is 51.2 Å². The number of nitrogens with zero attached hydrogens (tertiary/aromatic N) is 2. The number of para-hydroxylation sites is 1. The number of hydrogen-bond acceptors (Lipinski definition) is 4. The number of methoxy groups -OCH3 is 1. The molecule has 1 aliphatic rings. The third-order valence-electron chi connectivity index (χ3n) is 5.36. The maximum absolute atomic E-state index is 14.0. The number of hydrogen-bond donors (Lipinski definition) is 1. The van der Waals surface area contributed by atoms with Crippen LogP contribution in [0.15, 0.2) is 42.6 Å². The van der Waals surface area contributed by atoms with E-state index < -0.39 is 5.67 Å². The summed E-state index contributed by atoms with van der Waals surface area (Å²) < 4.78 is 19.4. The van der Waals surface area contributed by atoms with E-state index in [9.17, 15) is 9.18 Å². The number of aryl methyl sites for hydroxylation is 1. The average molecular weight is 400 g/mol. The zero-order chi connectivity index (χ0) is 20.9. The molecule has 3 rings (SSSR count). The van der Waals surface area contributed by atoms with Gasteiger partial charge in [0.1, 0.15) is 17.2 Å². The average Bonchev–Trinajstić information content (AvgIpc) is 2.72. The quantitative estimate of drug-likeness (QED) is 0.764. The second kappa shape index (κ2) is 9.25. The molecule has 1 unspecified atom stereocenters. The molecular formula is C23H30FN3O2. The highest BCUT2D eigenvalue weighted by atomic mass is 19.1. The Kier molecular flexibility index (Phi) is 6.72. The fourth-order valence-electron chi connectivity index (χ4n) is 3.69. The molecule has 5 nitrogen and oxygen atoms in total. The smallest absolute Gasteiger partial charge is 0.220 e. The van der Waals surface area contributed by atoms with Gasteiger partial charge < -0.3 is 15.0 Å². The molecule has 1 fully saturated rings. The Morgan fingerprint density at radius 1 is 1.31 bits per heavy atom. The normalized spacial score (nSPS) is 17.1. The van der Waals surface area contributed by atoms with Crippen molar-refractivity contribution < 1.29 is 13.9 Å². The summed E-state index contributed by atoms with van der Waals surface area (Å²) in [5.74, 6) is 1.69. The van der Waals surface area contributed by atoms with Crippen molar-refractivity contribution in [2.24, 2.45) is 0 Å². The summed E-state index contributed by atoms with van der Waals surface area (Å²) >= 11 is 0. The van der Waals surface area contributed by atoms with Gasteiger partial charge >= 0.3 is 0 Å². The summed E-state index contributed by atoms with van der Waals surface area (Å²) in [5, 5.41) is 3.15. The van der Waals surface area contributed by atoms with Crippen LogP contribution in [0.5, 0.6) is 5.75 Å². The molecule has 2 heterocycles. The number of carbonyl (C=O) groups excluding carboxylic acids is 1. The molecule has 0 radical (unpaired) electrons. The maximum Gasteiger partial charge on any atom is 0.220 e. The number of aromatic nitrogens is 1.